The lowest BCUT2D eigenvalue weighted by molar-refractivity contribution is -0.139. The van der Waals surface area contributed by atoms with Crippen molar-refractivity contribution in [2.75, 3.05) is 24.0 Å². The number of rotatable bonds is 10. The molecule has 1 saturated heterocycles. The number of aliphatic carboxylic acids is 1. The molecule has 0 amide bonds. The van der Waals surface area contributed by atoms with Crippen LogP contribution in [0.3, 0.4) is 0 Å². The molecular formula is C25H24Cl2N2O7S2. The summed E-state index contributed by atoms with van der Waals surface area (Å²) in [4.78, 5) is 22.8. The van der Waals surface area contributed by atoms with E-state index in [-0.39, 0.29) is 27.4 Å². The number of hydrogen-bond donors (Lipinski definition) is 3. The second kappa shape index (κ2) is 11.9. The van der Waals surface area contributed by atoms with Gasteiger partial charge >= 0.3 is 11.9 Å². The van der Waals surface area contributed by atoms with Gasteiger partial charge in [0.25, 0.3) is 0 Å². The standard InChI is InChI=1S/C25H24Cl2N2O7S2/c26-17-6-4-15(5-7-17)14-38(34,35)29(18-8-10-28-11-9-18)19-3-1-2-16(12-19)23-21(27)22(36-13-20(30)31)24(37-23)25(32)33/h1-7,12,18,28H,8-11,13-14H2,(H,30,31)(H,32,33). The van der Waals surface area contributed by atoms with Crippen LogP contribution in [0.25, 0.3) is 10.4 Å². The van der Waals surface area contributed by atoms with Gasteiger partial charge in [0, 0.05) is 11.1 Å². The topological polar surface area (TPSA) is 133 Å². The molecule has 38 heavy (non-hydrogen) atoms. The van der Waals surface area contributed by atoms with E-state index in [0.717, 1.165) is 11.3 Å². The van der Waals surface area contributed by atoms with Crippen LogP contribution in [0.5, 0.6) is 5.75 Å². The Hall–Kier alpha value is -2.83. The molecule has 3 N–H and O–H groups in total. The third-order valence-electron chi connectivity index (χ3n) is 5.91. The number of piperidine rings is 1. The van der Waals surface area contributed by atoms with Gasteiger partial charge in [-0.3, -0.25) is 4.31 Å². The fourth-order valence-electron chi connectivity index (χ4n) is 4.27. The Morgan fingerprint density at radius 1 is 1.08 bits per heavy atom. The molecule has 13 heteroatoms. The van der Waals surface area contributed by atoms with E-state index in [2.05, 4.69) is 5.32 Å². The molecule has 0 aliphatic carbocycles. The molecule has 1 aliphatic rings. The second-order valence-corrected chi connectivity index (χ2v) is 12.3. The van der Waals surface area contributed by atoms with E-state index in [4.69, 9.17) is 33.0 Å². The number of carboxylic acid groups (broad SMARTS) is 2. The number of carboxylic acids is 2. The molecular weight excluding hydrogens is 575 g/mol. The van der Waals surface area contributed by atoms with E-state index in [0.29, 0.717) is 52.6 Å². The molecule has 0 atom stereocenters. The van der Waals surface area contributed by atoms with Crippen molar-refractivity contribution >= 4 is 62.2 Å². The number of thiophene rings is 1. The molecule has 1 aromatic heterocycles. The first-order chi connectivity index (χ1) is 18.1. The zero-order chi connectivity index (χ0) is 27.4. The van der Waals surface area contributed by atoms with Crippen molar-refractivity contribution in [3.63, 3.8) is 0 Å². The van der Waals surface area contributed by atoms with Gasteiger partial charge in [-0.05, 0) is 61.3 Å². The molecule has 4 rings (SSSR count). The monoisotopic (exact) mass is 598 g/mol. The van der Waals surface area contributed by atoms with Crippen LogP contribution < -0.4 is 14.4 Å². The van der Waals surface area contributed by atoms with Gasteiger partial charge in [0.05, 0.1) is 16.3 Å². The van der Waals surface area contributed by atoms with Crippen LogP contribution in [0.15, 0.2) is 48.5 Å². The molecule has 0 saturated carbocycles. The minimum absolute atomic E-state index is 0.0526. The van der Waals surface area contributed by atoms with Crippen molar-refractivity contribution < 1.29 is 33.0 Å². The lowest BCUT2D eigenvalue weighted by atomic mass is 10.1. The van der Waals surface area contributed by atoms with E-state index in [1.54, 1.807) is 48.5 Å². The highest BCUT2D eigenvalue weighted by molar-refractivity contribution is 7.92. The lowest BCUT2D eigenvalue weighted by Crippen LogP contribution is -2.46. The zero-order valence-electron chi connectivity index (χ0n) is 19.9. The third kappa shape index (κ3) is 6.41. The fourth-order valence-corrected chi connectivity index (χ4v) is 7.65. The van der Waals surface area contributed by atoms with Crippen LogP contribution in [-0.4, -0.2) is 56.3 Å². The average Bonchev–Trinajstić information content (AvgIpc) is 3.21. The summed E-state index contributed by atoms with van der Waals surface area (Å²) < 4.78 is 34.2. The Morgan fingerprint density at radius 3 is 2.39 bits per heavy atom. The van der Waals surface area contributed by atoms with Gasteiger partial charge in [-0.1, -0.05) is 47.5 Å². The highest BCUT2D eigenvalue weighted by atomic mass is 35.5. The van der Waals surface area contributed by atoms with Crippen LogP contribution >= 0.6 is 34.5 Å². The highest BCUT2D eigenvalue weighted by Crippen LogP contribution is 2.46. The van der Waals surface area contributed by atoms with Crippen LogP contribution in [0.2, 0.25) is 10.0 Å². The maximum atomic E-state index is 13.8. The minimum atomic E-state index is -3.84. The van der Waals surface area contributed by atoms with Crippen molar-refractivity contribution in [2.45, 2.75) is 24.6 Å². The van der Waals surface area contributed by atoms with E-state index in [1.807, 2.05) is 0 Å². The number of carbonyl (C=O) groups is 2. The number of halogens is 2. The number of hydrogen-bond acceptors (Lipinski definition) is 7. The normalized spacial score (nSPS) is 14.3. The predicted molar refractivity (Wildman–Crippen MR) is 147 cm³/mol. The number of benzene rings is 2. The smallest absolute Gasteiger partial charge is 0.349 e. The van der Waals surface area contributed by atoms with Gasteiger partial charge in [-0.15, -0.1) is 11.3 Å². The van der Waals surface area contributed by atoms with Crippen molar-refractivity contribution in [3.8, 4) is 16.2 Å². The summed E-state index contributed by atoms with van der Waals surface area (Å²) in [5, 5.41) is 22.3. The zero-order valence-corrected chi connectivity index (χ0v) is 23.0. The number of ether oxygens (including phenoxy) is 1. The average molecular weight is 600 g/mol. The first-order valence-electron chi connectivity index (χ1n) is 11.5. The maximum Gasteiger partial charge on any atom is 0.349 e. The lowest BCUT2D eigenvalue weighted by Gasteiger charge is -2.35. The summed E-state index contributed by atoms with van der Waals surface area (Å²) in [7, 11) is -3.84. The van der Waals surface area contributed by atoms with Crippen molar-refractivity contribution in [2.24, 2.45) is 0 Å². The summed E-state index contributed by atoms with van der Waals surface area (Å²) in [6.07, 6.45) is 1.22. The number of anilines is 1. The van der Waals surface area contributed by atoms with E-state index in [9.17, 15) is 23.1 Å². The van der Waals surface area contributed by atoms with E-state index < -0.39 is 28.6 Å². The number of sulfonamides is 1. The first kappa shape index (κ1) is 28.2. The summed E-state index contributed by atoms with van der Waals surface area (Å²) >= 11 is 13.3. The number of nitrogens with zero attached hydrogens (tertiary/aromatic N) is 1. The van der Waals surface area contributed by atoms with E-state index in [1.165, 1.54) is 4.31 Å². The van der Waals surface area contributed by atoms with Crippen molar-refractivity contribution in [3.05, 3.63) is 69.0 Å². The molecule has 0 unspecified atom stereocenters. The Kier molecular flexibility index (Phi) is 8.84. The number of aromatic carboxylic acids is 1. The van der Waals surface area contributed by atoms with Crippen LogP contribution in [0.1, 0.15) is 28.1 Å². The molecule has 0 spiro atoms. The quantitative estimate of drug-likeness (QED) is 0.298. The second-order valence-electron chi connectivity index (χ2n) is 8.60. The van der Waals surface area contributed by atoms with Gasteiger partial charge in [0.2, 0.25) is 10.0 Å². The van der Waals surface area contributed by atoms with Crippen molar-refractivity contribution in [1.82, 2.24) is 5.32 Å². The maximum absolute atomic E-state index is 13.8. The molecule has 9 nitrogen and oxygen atoms in total. The third-order valence-corrected chi connectivity index (χ3v) is 9.65. The molecule has 0 radical (unpaired) electrons. The molecule has 0 bridgehead atoms. The fraction of sp³-hybridized carbons (Fsp3) is 0.280. The molecule has 1 fully saturated rings. The molecule has 202 valence electrons. The van der Waals surface area contributed by atoms with E-state index >= 15 is 0 Å². The van der Waals surface area contributed by atoms with Gasteiger partial charge in [0.15, 0.2) is 17.2 Å². The van der Waals surface area contributed by atoms with Gasteiger partial charge < -0.3 is 20.3 Å². The summed E-state index contributed by atoms with van der Waals surface area (Å²) in [6, 6.07) is 13.0. The molecule has 2 aromatic carbocycles. The van der Waals surface area contributed by atoms with Gasteiger partial charge in [0.1, 0.15) is 5.02 Å². The summed E-state index contributed by atoms with van der Waals surface area (Å²) in [6.45, 7) is 0.573. The van der Waals surface area contributed by atoms with Gasteiger partial charge in [-0.25, -0.2) is 18.0 Å². The van der Waals surface area contributed by atoms with Gasteiger partial charge in [-0.2, -0.15) is 0 Å². The molecule has 2 heterocycles. The summed E-state index contributed by atoms with van der Waals surface area (Å²) in [5.74, 6) is -3.07. The number of nitrogens with one attached hydrogen (secondary N) is 1. The Morgan fingerprint density at radius 2 is 1.76 bits per heavy atom. The molecule has 3 aromatic rings. The SMILES string of the molecule is O=C(O)COc1c(C(=O)O)sc(-c2cccc(N(C3CCNCC3)S(=O)(=O)Cc3ccc(Cl)cc3)c2)c1Cl. The predicted octanol–water partition coefficient (Wildman–Crippen LogP) is 4.97. The van der Waals surface area contributed by atoms with Crippen LogP contribution in [0.4, 0.5) is 5.69 Å². The van der Waals surface area contributed by atoms with Crippen LogP contribution in [0, 0.1) is 0 Å². The minimum Gasteiger partial charge on any atom is -0.479 e. The Bertz CT molecular complexity index is 1440. The van der Waals surface area contributed by atoms with Crippen molar-refractivity contribution in [1.29, 1.82) is 0 Å². The molecule has 1 aliphatic heterocycles. The Balaban J connectivity index is 1.76. The van der Waals surface area contributed by atoms with Crippen LogP contribution in [-0.2, 0) is 20.6 Å². The largest absolute Gasteiger partial charge is 0.479 e. The summed E-state index contributed by atoms with van der Waals surface area (Å²) in [5.41, 5.74) is 1.49. The highest BCUT2D eigenvalue weighted by Gasteiger charge is 2.32. The first-order valence-corrected chi connectivity index (χ1v) is 14.7. The Labute approximate surface area is 233 Å².